The van der Waals surface area contributed by atoms with Crippen molar-refractivity contribution in [2.24, 2.45) is 0 Å². The molecular formula is C22H27N5O2. The average Bonchev–Trinajstić information content (AvgIpc) is 3.35. The normalized spacial score (nSPS) is 16.8. The largest absolute Gasteiger partial charge is 0.342 e. The van der Waals surface area contributed by atoms with Gasteiger partial charge in [-0.3, -0.25) is 9.59 Å². The molecule has 29 heavy (non-hydrogen) atoms. The molecule has 0 N–H and O–H groups in total. The number of allylic oxidation sites excluding steroid dienone is 1. The third kappa shape index (κ3) is 3.57. The molecule has 0 bridgehead atoms. The van der Waals surface area contributed by atoms with Crippen LogP contribution in [0.2, 0.25) is 0 Å². The summed E-state index contributed by atoms with van der Waals surface area (Å²) in [4.78, 5) is 28.7. The molecule has 0 radical (unpaired) electrons. The molecule has 1 aromatic carbocycles. The maximum atomic E-state index is 12.9. The van der Waals surface area contributed by atoms with Crippen molar-refractivity contribution in [2.75, 3.05) is 26.2 Å². The molecular weight excluding hydrogens is 366 g/mol. The van der Waals surface area contributed by atoms with E-state index in [9.17, 15) is 9.59 Å². The quantitative estimate of drug-likeness (QED) is 0.782. The Morgan fingerprint density at radius 1 is 1.14 bits per heavy atom. The van der Waals surface area contributed by atoms with Crippen LogP contribution in [0.1, 0.15) is 48.3 Å². The van der Waals surface area contributed by atoms with Gasteiger partial charge < -0.3 is 9.80 Å². The number of likely N-dealkylation sites (N-methyl/N-ethyl adjacent to an activating group) is 1. The molecule has 1 aliphatic carbocycles. The predicted octanol–water partition coefficient (Wildman–Crippen LogP) is 2.35. The van der Waals surface area contributed by atoms with Crippen LogP contribution in [0.4, 0.5) is 0 Å². The van der Waals surface area contributed by atoms with Gasteiger partial charge in [0.1, 0.15) is 6.54 Å². The van der Waals surface area contributed by atoms with Crippen LogP contribution in [0.15, 0.2) is 36.5 Å². The number of carbonyl (C=O) groups excluding carboxylic acids is 2. The van der Waals surface area contributed by atoms with E-state index in [1.54, 1.807) is 11.1 Å². The number of amides is 2. The lowest BCUT2D eigenvalue weighted by Crippen LogP contribution is -2.44. The first-order valence-electron chi connectivity index (χ1n) is 10.3. The Morgan fingerprint density at radius 3 is 2.59 bits per heavy atom. The van der Waals surface area contributed by atoms with Crippen molar-refractivity contribution >= 4 is 17.9 Å². The van der Waals surface area contributed by atoms with Crippen LogP contribution in [0, 0.1) is 0 Å². The number of carbonyl (C=O) groups is 2. The highest BCUT2D eigenvalue weighted by atomic mass is 16.2. The van der Waals surface area contributed by atoms with Crippen molar-refractivity contribution in [1.29, 1.82) is 0 Å². The highest BCUT2D eigenvalue weighted by Crippen LogP contribution is 2.43. The standard InChI is InChI=1S/C22H27N5O2/c1-3-25(4-2)20(28)16-27-15-19(23-24-27)21(29)26-13-11-22(12-14-26)10-9-17-7-5-6-8-18(17)22/h5-10,15H,3-4,11-14,16H2,1-2H3. The Kier molecular flexibility index (Phi) is 5.22. The summed E-state index contributed by atoms with van der Waals surface area (Å²) in [7, 11) is 0. The Hall–Kier alpha value is -2.96. The summed E-state index contributed by atoms with van der Waals surface area (Å²) < 4.78 is 1.45. The molecule has 1 aromatic heterocycles. The van der Waals surface area contributed by atoms with Crippen LogP contribution in [-0.4, -0.2) is 62.8 Å². The topological polar surface area (TPSA) is 71.3 Å². The smallest absolute Gasteiger partial charge is 0.276 e. The predicted molar refractivity (Wildman–Crippen MR) is 110 cm³/mol. The summed E-state index contributed by atoms with van der Waals surface area (Å²) in [6.45, 7) is 6.67. The third-order valence-corrected chi connectivity index (χ3v) is 6.19. The van der Waals surface area contributed by atoms with Gasteiger partial charge in [-0.25, -0.2) is 4.68 Å². The molecule has 152 valence electrons. The van der Waals surface area contributed by atoms with Gasteiger partial charge in [-0.2, -0.15) is 0 Å². The van der Waals surface area contributed by atoms with E-state index in [0.29, 0.717) is 31.9 Å². The number of hydrogen-bond acceptors (Lipinski definition) is 4. The van der Waals surface area contributed by atoms with Gasteiger partial charge in [0.05, 0.1) is 6.20 Å². The molecule has 7 heteroatoms. The summed E-state index contributed by atoms with van der Waals surface area (Å²) in [5, 5.41) is 8.00. The van der Waals surface area contributed by atoms with Crippen LogP contribution in [0.5, 0.6) is 0 Å². The van der Waals surface area contributed by atoms with Gasteiger partial charge in [-0.15, -0.1) is 5.10 Å². The highest BCUT2D eigenvalue weighted by molar-refractivity contribution is 5.92. The number of likely N-dealkylation sites (tertiary alicyclic amines) is 1. The first-order chi connectivity index (χ1) is 14.1. The molecule has 2 aromatic rings. The first-order valence-corrected chi connectivity index (χ1v) is 10.3. The van der Waals surface area contributed by atoms with Gasteiger partial charge in [0.25, 0.3) is 5.91 Å². The summed E-state index contributed by atoms with van der Waals surface area (Å²) in [5.41, 5.74) is 3.00. The van der Waals surface area contributed by atoms with Gasteiger partial charge in [0.2, 0.25) is 5.91 Å². The fraction of sp³-hybridized carbons (Fsp3) is 0.455. The zero-order chi connectivity index (χ0) is 20.4. The van der Waals surface area contributed by atoms with E-state index in [-0.39, 0.29) is 23.8 Å². The summed E-state index contributed by atoms with van der Waals surface area (Å²) in [5.74, 6) is -0.137. The van der Waals surface area contributed by atoms with E-state index in [1.165, 1.54) is 15.8 Å². The van der Waals surface area contributed by atoms with E-state index < -0.39 is 0 Å². The molecule has 0 saturated carbocycles. The Morgan fingerprint density at radius 2 is 1.86 bits per heavy atom. The Bertz CT molecular complexity index is 936. The zero-order valence-corrected chi connectivity index (χ0v) is 17.0. The van der Waals surface area contributed by atoms with Gasteiger partial charge >= 0.3 is 0 Å². The molecule has 0 unspecified atom stereocenters. The average molecular weight is 393 g/mol. The minimum atomic E-state index is -0.114. The molecule has 2 heterocycles. The molecule has 1 aliphatic heterocycles. The van der Waals surface area contributed by atoms with Crippen molar-refractivity contribution in [1.82, 2.24) is 24.8 Å². The molecule has 1 fully saturated rings. The van der Waals surface area contributed by atoms with Gasteiger partial charge in [0, 0.05) is 31.6 Å². The molecule has 1 saturated heterocycles. The fourth-order valence-electron chi connectivity index (χ4n) is 4.43. The first kappa shape index (κ1) is 19.4. The Balaban J connectivity index is 1.39. The number of hydrogen-bond donors (Lipinski definition) is 0. The summed E-state index contributed by atoms with van der Waals surface area (Å²) in [6.07, 6.45) is 7.89. The molecule has 4 rings (SSSR count). The molecule has 1 spiro atoms. The van der Waals surface area contributed by atoms with Gasteiger partial charge in [-0.1, -0.05) is 41.6 Å². The second-order valence-corrected chi connectivity index (χ2v) is 7.74. The second-order valence-electron chi connectivity index (χ2n) is 7.74. The number of fused-ring (bicyclic) bond motifs is 2. The zero-order valence-electron chi connectivity index (χ0n) is 17.0. The van der Waals surface area contributed by atoms with Crippen molar-refractivity contribution < 1.29 is 9.59 Å². The summed E-state index contributed by atoms with van der Waals surface area (Å²) >= 11 is 0. The number of rotatable bonds is 5. The van der Waals surface area contributed by atoms with E-state index in [2.05, 4.69) is 46.7 Å². The van der Waals surface area contributed by atoms with Crippen molar-refractivity contribution in [3.63, 3.8) is 0 Å². The number of piperidine rings is 1. The Labute approximate surface area is 171 Å². The SMILES string of the molecule is CCN(CC)C(=O)Cn1cc(C(=O)N2CCC3(C=Cc4ccccc43)CC2)nn1. The minimum Gasteiger partial charge on any atom is -0.342 e. The van der Waals surface area contributed by atoms with Crippen molar-refractivity contribution in [3.8, 4) is 0 Å². The summed E-state index contributed by atoms with van der Waals surface area (Å²) in [6, 6.07) is 8.50. The minimum absolute atomic E-state index is 0.0227. The van der Waals surface area contributed by atoms with Crippen molar-refractivity contribution in [3.05, 3.63) is 53.4 Å². The maximum absolute atomic E-state index is 12.9. The van der Waals surface area contributed by atoms with E-state index in [0.717, 1.165) is 12.8 Å². The van der Waals surface area contributed by atoms with Gasteiger partial charge in [0.15, 0.2) is 5.69 Å². The third-order valence-electron chi connectivity index (χ3n) is 6.19. The van der Waals surface area contributed by atoms with E-state index in [1.807, 2.05) is 18.7 Å². The molecule has 0 atom stereocenters. The fourth-order valence-corrected chi connectivity index (χ4v) is 4.43. The van der Waals surface area contributed by atoms with Crippen LogP contribution < -0.4 is 0 Å². The van der Waals surface area contributed by atoms with E-state index in [4.69, 9.17) is 0 Å². The lowest BCUT2D eigenvalue weighted by molar-refractivity contribution is -0.131. The van der Waals surface area contributed by atoms with Gasteiger partial charge in [-0.05, 0) is 37.8 Å². The maximum Gasteiger partial charge on any atom is 0.276 e. The lowest BCUT2D eigenvalue weighted by Gasteiger charge is -2.39. The van der Waals surface area contributed by atoms with E-state index >= 15 is 0 Å². The number of nitrogens with zero attached hydrogens (tertiary/aromatic N) is 5. The number of benzene rings is 1. The van der Waals surface area contributed by atoms with Crippen LogP contribution in [0.25, 0.3) is 6.08 Å². The molecule has 7 nitrogen and oxygen atoms in total. The van der Waals surface area contributed by atoms with Crippen LogP contribution >= 0.6 is 0 Å². The highest BCUT2D eigenvalue weighted by Gasteiger charge is 2.39. The van der Waals surface area contributed by atoms with Crippen molar-refractivity contribution in [2.45, 2.75) is 38.6 Å². The lowest BCUT2D eigenvalue weighted by atomic mass is 9.74. The van der Waals surface area contributed by atoms with Crippen LogP contribution in [0.3, 0.4) is 0 Å². The molecule has 2 amide bonds. The monoisotopic (exact) mass is 393 g/mol. The number of aromatic nitrogens is 3. The van der Waals surface area contributed by atoms with Crippen LogP contribution in [-0.2, 0) is 16.8 Å². The molecule has 2 aliphatic rings. The second kappa shape index (κ2) is 7.81.